The lowest BCUT2D eigenvalue weighted by Gasteiger charge is -2.38. The lowest BCUT2D eigenvalue weighted by molar-refractivity contribution is -0.00124. The number of aliphatic hydroxyl groups excluding tert-OH is 1. The molecule has 0 aliphatic heterocycles. The van der Waals surface area contributed by atoms with Crippen molar-refractivity contribution in [3.63, 3.8) is 0 Å². The van der Waals surface area contributed by atoms with E-state index in [4.69, 9.17) is 15.5 Å². The molecule has 0 amide bonds. The highest BCUT2D eigenvalue weighted by Crippen LogP contribution is 2.45. The number of methoxy groups -OCH3 is 1. The van der Waals surface area contributed by atoms with Gasteiger partial charge >= 0.3 is 0 Å². The Hall–Kier alpha value is -2.75. The van der Waals surface area contributed by atoms with Gasteiger partial charge in [-0.3, -0.25) is 0 Å². The molecule has 1 aliphatic carbocycles. The molecule has 4 aromatic rings. The van der Waals surface area contributed by atoms with Crippen LogP contribution in [0.15, 0.2) is 53.4 Å². The molecule has 0 radical (unpaired) electrons. The van der Waals surface area contributed by atoms with E-state index in [2.05, 4.69) is 26.1 Å². The van der Waals surface area contributed by atoms with Gasteiger partial charge in [0.15, 0.2) is 5.65 Å². The van der Waals surface area contributed by atoms with Crippen LogP contribution in [0.1, 0.15) is 37.3 Å². The number of anilines is 1. The number of benzene rings is 1. The lowest BCUT2D eigenvalue weighted by Crippen LogP contribution is -2.35. The minimum Gasteiger partial charge on any atom is -0.396 e. The Morgan fingerprint density at radius 3 is 2.64 bits per heavy atom. The average molecular weight is 511 g/mol. The van der Waals surface area contributed by atoms with Crippen LogP contribution in [0.2, 0.25) is 0 Å². The molecule has 172 valence electrons. The number of aliphatic hydroxyl groups is 1. The number of hydrogen-bond donors (Lipinski definition) is 2. The molecule has 3 heterocycles. The molecule has 0 atom stereocenters. The zero-order valence-electron chi connectivity index (χ0n) is 18.5. The van der Waals surface area contributed by atoms with Crippen molar-refractivity contribution < 1.29 is 9.84 Å². The van der Waals surface area contributed by atoms with Crippen LogP contribution in [0, 0.1) is 5.41 Å². The highest BCUT2D eigenvalue weighted by Gasteiger charge is 2.37. The molecule has 9 heteroatoms. The first-order valence-corrected chi connectivity index (χ1v) is 11.9. The van der Waals surface area contributed by atoms with Crippen LogP contribution in [0.5, 0.6) is 0 Å². The van der Waals surface area contributed by atoms with Crippen molar-refractivity contribution in [1.29, 1.82) is 0 Å². The Balaban J connectivity index is 1.50. The molecule has 0 unspecified atom stereocenters. The Kier molecular flexibility index (Phi) is 5.94. The van der Waals surface area contributed by atoms with E-state index < -0.39 is 0 Å². The average Bonchev–Trinajstić information content (AvgIpc) is 3.50. The first kappa shape index (κ1) is 22.1. The molecule has 1 aromatic carbocycles. The third-order valence-corrected chi connectivity index (χ3v) is 7.59. The van der Waals surface area contributed by atoms with Crippen molar-refractivity contribution in [3.05, 3.63) is 59.1 Å². The lowest BCUT2D eigenvalue weighted by atomic mass is 9.70. The standard InChI is InChI=1S/C24H27BrN6O2/c1-33-15-24(14-32)9-7-16(8-10-24)21-20(25)22(26)31-23(29-21)19(12-28-31)17-11-27-30(13-17)18-5-3-2-4-6-18/h2-6,11-13,16,32H,7-10,14-15,26H2,1H3. The summed E-state index contributed by atoms with van der Waals surface area (Å²) < 4.78 is 9.69. The molecule has 1 saturated carbocycles. The van der Waals surface area contributed by atoms with Crippen molar-refractivity contribution in [3.8, 4) is 16.8 Å². The van der Waals surface area contributed by atoms with E-state index >= 15 is 0 Å². The van der Waals surface area contributed by atoms with Gasteiger partial charge in [-0.1, -0.05) is 18.2 Å². The quantitative estimate of drug-likeness (QED) is 0.402. The van der Waals surface area contributed by atoms with Gasteiger partial charge in [0.2, 0.25) is 0 Å². The Morgan fingerprint density at radius 1 is 1.18 bits per heavy atom. The van der Waals surface area contributed by atoms with Crippen LogP contribution < -0.4 is 5.73 Å². The van der Waals surface area contributed by atoms with Gasteiger partial charge in [0, 0.05) is 35.8 Å². The molecule has 0 bridgehead atoms. The zero-order valence-corrected chi connectivity index (χ0v) is 20.1. The Bertz CT molecular complexity index is 1260. The smallest absolute Gasteiger partial charge is 0.165 e. The van der Waals surface area contributed by atoms with E-state index in [1.54, 1.807) is 17.8 Å². The molecule has 1 aliphatic rings. The second-order valence-electron chi connectivity index (χ2n) is 8.86. The van der Waals surface area contributed by atoms with E-state index in [1.807, 2.05) is 47.4 Å². The predicted molar refractivity (Wildman–Crippen MR) is 130 cm³/mol. The SMILES string of the molecule is COCC1(CO)CCC(c2nc3c(-c4cnn(-c5ccccc5)c4)cnn3c(N)c2Br)CC1. The van der Waals surface area contributed by atoms with Crippen LogP contribution in [0.4, 0.5) is 5.82 Å². The molecule has 33 heavy (non-hydrogen) atoms. The van der Waals surface area contributed by atoms with Crippen LogP contribution in [0.3, 0.4) is 0 Å². The molecule has 0 saturated heterocycles. The number of para-hydroxylation sites is 1. The first-order valence-electron chi connectivity index (χ1n) is 11.1. The number of nitrogens with zero attached hydrogens (tertiary/aromatic N) is 5. The summed E-state index contributed by atoms with van der Waals surface area (Å²) in [6.45, 7) is 0.714. The Morgan fingerprint density at radius 2 is 1.94 bits per heavy atom. The fraction of sp³-hybridized carbons (Fsp3) is 0.375. The van der Waals surface area contributed by atoms with Crippen molar-refractivity contribution in [2.24, 2.45) is 5.41 Å². The van der Waals surface area contributed by atoms with Crippen molar-refractivity contribution in [2.75, 3.05) is 26.1 Å². The largest absolute Gasteiger partial charge is 0.396 e. The van der Waals surface area contributed by atoms with E-state index in [1.165, 1.54) is 0 Å². The normalized spacial score (nSPS) is 21.0. The van der Waals surface area contributed by atoms with Crippen LogP contribution in [0.25, 0.3) is 22.5 Å². The Labute approximate surface area is 200 Å². The predicted octanol–water partition coefficient (Wildman–Crippen LogP) is 4.21. The molecule has 5 rings (SSSR count). The highest BCUT2D eigenvalue weighted by atomic mass is 79.9. The van der Waals surface area contributed by atoms with E-state index in [9.17, 15) is 5.11 Å². The van der Waals surface area contributed by atoms with Gasteiger partial charge in [0.25, 0.3) is 0 Å². The topological polar surface area (TPSA) is 103 Å². The maximum absolute atomic E-state index is 9.94. The van der Waals surface area contributed by atoms with Gasteiger partial charge in [-0.25, -0.2) is 9.67 Å². The van der Waals surface area contributed by atoms with Crippen LogP contribution >= 0.6 is 15.9 Å². The van der Waals surface area contributed by atoms with Crippen LogP contribution in [-0.4, -0.2) is 49.8 Å². The third kappa shape index (κ3) is 3.94. The number of rotatable bonds is 6. The molecular formula is C24H27BrN6O2. The number of aromatic nitrogens is 5. The minimum absolute atomic E-state index is 0.140. The van der Waals surface area contributed by atoms with Gasteiger partial charge in [0.05, 0.1) is 41.5 Å². The monoisotopic (exact) mass is 510 g/mol. The molecule has 3 N–H and O–H groups in total. The first-order chi connectivity index (χ1) is 16.0. The summed E-state index contributed by atoms with van der Waals surface area (Å²) in [7, 11) is 1.69. The van der Waals surface area contributed by atoms with Gasteiger partial charge in [-0.05, 0) is 53.7 Å². The molecule has 3 aromatic heterocycles. The van der Waals surface area contributed by atoms with Crippen molar-refractivity contribution >= 4 is 27.4 Å². The summed E-state index contributed by atoms with van der Waals surface area (Å²) >= 11 is 3.67. The zero-order chi connectivity index (χ0) is 23.0. The number of fused-ring (bicyclic) bond motifs is 1. The number of halogens is 1. The molecule has 8 nitrogen and oxygen atoms in total. The van der Waals surface area contributed by atoms with Gasteiger partial charge in [-0.15, -0.1) is 0 Å². The molecule has 0 spiro atoms. The minimum atomic E-state index is -0.166. The summed E-state index contributed by atoms with van der Waals surface area (Å²) in [6.07, 6.45) is 9.20. The fourth-order valence-electron chi connectivity index (χ4n) is 4.83. The summed E-state index contributed by atoms with van der Waals surface area (Å²) in [5.41, 5.74) is 10.8. The maximum Gasteiger partial charge on any atom is 0.165 e. The van der Waals surface area contributed by atoms with Gasteiger partial charge in [0.1, 0.15) is 5.82 Å². The number of ether oxygens (including phenoxy) is 1. The van der Waals surface area contributed by atoms with E-state index in [0.717, 1.165) is 52.7 Å². The maximum atomic E-state index is 9.94. The summed E-state index contributed by atoms with van der Waals surface area (Å²) in [5.74, 6) is 0.783. The summed E-state index contributed by atoms with van der Waals surface area (Å²) in [5, 5.41) is 19.0. The summed E-state index contributed by atoms with van der Waals surface area (Å²) in [6, 6.07) is 9.98. The van der Waals surface area contributed by atoms with Gasteiger partial charge in [-0.2, -0.15) is 14.7 Å². The fourth-order valence-corrected chi connectivity index (χ4v) is 5.41. The highest BCUT2D eigenvalue weighted by molar-refractivity contribution is 9.10. The second-order valence-corrected chi connectivity index (χ2v) is 9.66. The number of hydrogen-bond acceptors (Lipinski definition) is 6. The second kappa shape index (κ2) is 8.89. The van der Waals surface area contributed by atoms with Crippen LogP contribution in [-0.2, 0) is 4.74 Å². The molecular weight excluding hydrogens is 484 g/mol. The van der Waals surface area contributed by atoms with E-state index in [-0.39, 0.29) is 17.9 Å². The number of nitrogen functional groups attached to an aromatic ring is 1. The number of nitrogens with two attached hydrogens (primary N) is 1. The molecule has 1 fully saturated rings. The van der Waals surface area contributed by atoms with Gasteiger partial charge < -0.3 is 15.6 Å². The van der Waals surface area contributed by atoms with Crippen molar-refractivity contribution in [1.82, 2.24) is 24.4 Å². The summed E-state index contributed by atoms with van der Waals surface area (Å²) in [4.78, 5) is 5.04. The third-order valence-electron chi connectivity index (χ3n) is 6.78. The van der Waals surface area contributed by atoms with Crippen molar-refractivity contribution in [2.45, 2.75) is 31.6 Å². The van der Waals surface area contributed by atoms with E-state index in [0.29, 0.717) is 18.1 Å².